The number of aryl methyl sites for hydroxylation is 2. The Morgan fingerprint density at radius 1 is 0.864 bits per heavy atom. The highest BCUT2D eigenvalue weighted by Crippen LogP contribution is 2.32. The van der Waals surface area contributed by atoms with Gasteiger partial charge in [0.1, 0.15) is 0 Å². The van der Waals surface area contributed by atoms with Crippen LogP contribution in [0.2, 0.25) is 0 Å². The molecule has 0 atom stereocenters. The number of hydrogen-bond donors (Lipinski definition) is 0. The SMILES string of the molecule is CC.CC.CCc1ccc2c(c1)CC(c1ccc(C)cc1)=C2. The molecule has 2 aromatic carbocycles. The largest absolute Gasteiger partial charge is 0.0683 e. The second kappa shape index (κ2) is 9.25. The molecule has 2 aromatic rings. The van der Waals surface area contributed by atoms with Gasteiger partial charge >= 0.3 is 0 Å². The number of allylic oxidation sites excluding steroid dienone is 1. The van der Waals surface area contributed by atoms with E-state index < -0.39 is 0 Å². The summed E-state index contributed by atoms with van der Waals surface area (Å²) in [7, 11) is 0. The molecular weight excluding hydrogens is 264 g/mol. The molecule has 0 spiro atoms. The molecule has 0 bridgehead atoms. The van der Waals surface area contributed by atoms with Gasteiger partial charge in [-0.1, -0.05) is 88.7 Å². The first-order chi connectivity index (χ1) is 10.8. The van der Waals surface area contributed by atoms with Gasteiger partial charge < -0.3 is 0 Å². The Labute approximate surface area is 136 Å². The molecule has 3 rings (SSSR count). The molecular formula is C22H30. The minimum atomic E-state index is 1.08. The fourth-order valence-corrected chi connectivity index (χ4v) is 2.57. The molecule has 1 aliphatic rings. The van der Waals surface area contributed by atoms with Crippen LogP contribution in [0.15, 0.2) is 42.5 Å². The van der Waals surface area contributed by atoms with E-state index in [9.17, 15) is 0 Å². The number of benzene rings is 2. The van der Waals surface area contributed by atoms with Gasteiger partial charge in [-0.05, 0) is 47.6 Å². The standard InChI is InChI=1S/C18H18.2C2H6/c1-3-14-6-9-16-11-18(12-17(16)10-14)15-7-4-13(2)5-8-15;2*1-2/h4-11H,3,12H2,1-2H3;2*1-2H3. The molecule has 0 saturated heterocycles. The summed E-state index contributed by atoms with van der Waals surface area (Å²) in [5.41, 5.74) is 8.43. The van der Waals surface area contributed by atoms with Gasteiger partial charge in [0.15, 0.2) is 0 Å². The third-order valence-corrected chi connectivity index (χ3v) is 3.75. The van der Waals surface area contributed by atoms with Crippen LogP contribution in [0, 0.1) is 6.92 Å². The maximum absolute atomic E-state index is 2.35. The average Bonchev–Trinajstić information content (AvgIpc) is 3.02. The summed E-state index contributed by atoms with van der Waals surface area (Å²) in [6.45, 7) is 12.3. The fourth-order valence-electron chi connectivity index (χ4n) is 2.57. The highest BCUT2D eigenvalue weighted by molar-refractivity contribution is 5.88. The number of hydrogen-bond acceptors (Lipinski definition) is 0. The third-order valence-electron chi connectivity index (χ3n) is 3.75. The van der Waals surface area contributed by atoms with Crippen molar-refractivity contribution in [2.75, 3.05) is 0 Å². The zero-order valence-corrected chi connectivity index (χ0v) is 15.0. The van der Waals surface area contributed by atoms with Crippen molar-refractivity contribution in [3.63, 3.8) is 0 Å². The van der Waals surface area contributed by atoms with Gasteiger partial charge in [0.2, 0.25) is 0 Å². The molecule has 22 heavy (non-hydrogen) atoms. The molecule has 0 amide bonds. The van der Waals surface area contributed by atoms with E-state index in [-0.39, 0.29) is 0 Å². The summed E-state index contributed by atoms with van der Waals surface area (Å²) >= 11 is 0. The van der Waals surface area contributed by atoms with E-state index in [1.54, 1.807) is 0 Å². The van der Waals surface area contributed by atoms with Crippen LogP contribution in [0.1, 0.15) is 62.4 Å². The lowest BCUT2D eigenvalue weighted by Gasteiger charge is -2.04. The predicted octanol–water partition coefficient (Wildman–Crippen LogP) is 6.71. The maximum atomic E-state index is 2.35. The zero-order chi connectivity index (χ0) is 16.5. The average molecular weight is 294 g/mol. The molecule has 1 aliphatic carbocycles. The van der Waals surface area contributed by atoms with Crippen LogP contribution in [0.4, 0.5) is 0 Å². The predicted molar refractivity (Wildman–Crippen MR) is 101 cm³/mol. The lowest BCUT2D eigenvalue weighted by molar-refractivity contribution is 1.12. The van der Waals surface area contributed by atoms with Gasteiger partial charge in [0, 0.05) is 0 Å². The van der Waals surface area contributed by atoms with Gasteiger partial charge in [0.25, 0.3) is 0 Å². The molecule has 0 heteroatoms. The molecule has 0 N–H and O–H groups in total. The molecule has 118 valence electrons. The van der Waals surface area contributed by atoms with E-state index in [0.29, 0.717) is 0 Å². The highest BCUT2D eigenvalue weighted by Gasteiger charge is 2.14. The van der Waals surface area contributed by atoms with Crippen molar-refractivity contribution in [3.05, 3.63) is 70.3 Å². The number of fused-ring (bicyclic) bond motifs is 1. The molecule has 0 unspecified atom stereocenters. The van der Waals surface area contributed by atoms with Crippen LogP contribution in [-0.4, -0.2) is 0 Å². The van der Waals surface area contributed by atoms with E-state index >= 15 is 0 Å². The van der Waals surface area contributed by atoms with Gasteiger partial charge in [0.05, 0.1) is 0 Å². The summed E-state index contributed by atoms with van der Waals surface area (Å²) in [5.74, 6) is 0. The van der Waals surface area contributed by atoms with Gasteiger partial charge in [-0.2, -0.15) is 0 Å². The lowest BCUT2D eigenvalue weighted by atomic mass is 10.0. The Kier molecular flexibility index (Phi) is 7.66. The van der Waals surface area contributed by atoms with Crippen molar-refractivity contribution in [2.45, 2.75) is 54.4 Å². The van der Waals surface area contributed by atoms with Crippen LogP contribution >= 0.6 is 0 Å². The molecule has 0 aromatic heterocycles. The molecule has 0 fully saturated rings. The fraction of sp³-hybridized carbons (Fsp3) is 0.364. The van der Waals surface area contributed by atoms with Crippen LogP contribution in [0.25, 0.3) is 11.6 Å². The summed E-state index contributed by atoms with van der Waals surface area (Å²) in [6, 6.07) is 15.7. The Morgan fingerprint density at radius 3 is 2.09 bits per heavy atom. The first kappa shape index (κ1) is 18.2. The monoisotopic (exact) mass is 294 g/mol. The minimum absolute atomic E-state index is 1.08. The quantitative estimate of drug-likeness (QED) is 0.577. The normalized spacial score (nSPS) is 11.5. The second-order valence-electron chi connectivity index (χ2n) is 5.10. The van der Waals surface area contributed by atoms with Gasteiger partial charge in [-0.3, -0.25) is 0 Å². The summed E-state index contributed by atoms with van der Waals surface area (Å²) in [6.07, 6.45) is 4.53. The van der Waals surface area contributed by atoms with E-state index in [1.165, 1.54) is 33.4 Å². The van der Waals surface area contributed by atoms with Crippen LogP contribution in [-0.2, 0) is 12.8 Å². The second-order valence-corrected chi connectivity index (χ2v) is 5.10. The topological polar surface area (TPSA) is 0 Å². The van der Waals surface area contributed by atoms with Crippen molar-refractivity contribution in [3.8, 4) is 0 Å². The molecule has 0 nitrogen and oxygen atoms in total. The molecule has 0 saturated carbocycles. The first-order valence-corrected chi connectivity index (χ1v) is 8.65. The zero-order valence-electron chi connectivity index (χ0n) is 15.0. The van der Waals surface area contributed by atoms with E-state index in [0.717, 1.165) is 12.8 Å². The minimum Gasteiger partial charge on any atom is -0.0683 e. The summed E-state index contributed by atoms with van der Waals surface area (Å²) in [4.78, 5) is 0. The van der Waals surface area contributed by atoms with Crippen molar-refractivity contribution >= 4 is 11.6 Å². The van der Waals surface area contributed by atoms with Crippen molar-refractivity contribution < 1.29 is 0 Å². The van der Waals surface area contributed by atoms with Crippen molar-refractivity contribution in [2.24, 2.45) is 0 Å². The molecule has 0 heterocycles. The third kappa shape index (κ3) is 4.34. The molecule has 0 radical (unpaired) electrons. The first-order valence-electron chi connectivity index (χ1n) is 8.65. The Balaban J connectivity index is 0.000000561. The van der Waals surface area contributed by atoms with Crippen LogP contribution in [0.3, 0.4) is 0 Å². The van der Waals surface area contributed by atoms with Gasteiger partial charge in [-0.25, -0.2) is 0 Å². The van der Waals surface area contributed by atoms with Crippen LogP contribution in [0.5, 0.6) is 0 Å². The lowest BCUT2D eigenvalue weighted by Crippen LogP contribution is -1.88. The van der Waals surface area contributed by atoms with E-state index in [4.69, 9.17) is 0 Å². The van der Waals surface area contributed by atoms with E-state index in [2.05, 4.69) is 62.4 Å². The molecule has 0 aliphatic heterocycles. The van der Waals surface area contributed by atoms with Crippen molar-refractivity contribution in [1.82, 2.24) is 0 Å². The maximum Gasteiger partial charge on any atom is -0.00136 e. The van der Waals surface area contributed by atoms with Crippen molar-refractivity contribution in [1.29, 1.82) is 0 Å². The summed E-state index contributed by atoms with van der Waals surface area (Å²) < 4.78 is 0. The van der Waals surface area contributed by atoms with Crippen LogP contribution < -0.4 is 0 Å². The van der Waals surface area contributed by atoms with Gasteiger partial charge in [-0.15, -0.1) is 0 Å². The Morgan fingerprint density at radius 2 is 1.50 bits per heavy atom. The highest BCUT2D eigenvalue weighted by atomic mass is 14.2. The Bertz CT molecular complexity index is 600. The smallest absolute Gasteiger partial charge is 0.00136 e. The Hall–Kier alpha value is -1.82. The van der Waals surface area contributed by atoms with E-state index in [1.807, 2.05) is 27.7 Å². The number of rotatable bonds is 2. The summed E-state index contributed by atoms with van der Waals surface area (Å²) in [5, 5.41) is 0.